The third-order valence-electron chi connectivity index (χ3n) is 2.98. The third kappa shape index (κ3) is 3.34. The molecular formula is C13H18ClN3OS. The van der Waals surface area contributed by atoms with Crippen LogP contribution in [0.2, 0.25) is 0 Å². The van der Waals surface area contributed by atoms with E-state index in [1.807, 2.05) is 30.7 Å². The van der Waals surface area contributed by atoms with Crippen molar-refractivity contribution in [3.63, 3.8) is 0 Å². The molecule has 0 aromatic carbocycles. The summed E-state index contributed by atoms with van der Waals surface area (Å²) in [6.07, 6.45) is 2.54. The SMILES string of the molecule is CCS(=O)CCn1c(CCCl)nc2cc(C)cnc21. The van der Waals surface area contributed by atoms with Gasteiger partial charge in [-0.25, -0.2) is 9.97 Å². The van der Waals surface area contributed by atoms with E-state index >= 15 is 0 Å². The first-order valence-electron chi connectivity index (χ1n) is 6.38. The van der Waals surface area contributed by atoms with Crippen molar-refractivity contribution in [1.82, 2.24) is 14.5 Å². The third-order valence-corrected chi connectivity index (χ3v) is 4.45. The summed E-state index contributed by atoms with van der Waals surface area (Å²) in [5, 5.41) is 0. The van der Waals surface area contributed by atoms with Crippen molar-refractivity contribution >= 4 is 33.6 Å². The van der Waals surface area contributed by atoms with Gasteiger partial charge in [0.15, 0.2) is 5.65 Å². The molecule has 104 valence electrons. The number of hydrogen-bond acceptors (Lipinski definition) is 3. The average Bonchev–Trinajstić information content (AvgIpc) is 2.73. The number of imidazole rings is 1. The van der Waals surface area contributed by atoms with Gasteiger partial charge in [-0.3, -0.25) is 4.21 Å². The van der Waals surface area contributed by atoms with Crippen LogP contribution in [0, 0.1) is 6.92 Å². The minimum atomic E-state index is -0.780. The zero-order valence-electron chi connectivity index (χ0n) is 11.2. The van der Waals surface area contributed by atoms with Gasteiger partial charge in [-0.2, -0.15) is 0 Å². The zero-order chi connectivity index (χ0) is 13.8. The molecule has 0 aliphatic carbocycles. The Balaban J connectivity index is 2.37. The van der Waals surface area contributed by atoms with Gasteiger partial charge in [0.1, 0.15) is 11.3 Å². The van der Waals surface area contributed by atoms with Crippen molar-refractivity contribution in [3.05, 3.63) is 23.7 Å². The molecule has 4 nitrogen and oxygen atoms in total. The van der Waals surface area contributed by atoms with Gasteiger partial charge in [0.25, 0.3) is 0 Å². The van der Waals surface area contributed by atoms with Gasteiger partial charge in [0.05, 0.1) is 0 Å². The van der Waals surface area contributed by atoms with E-state index in [9.17, 15) is 4.21 Å². The van der Waals surface area contributed by atoms with Gasteiger partial charge in [0, 0.05) is 47.3 Å². The van der Waals surface area contributed by atoms with Crippen LogP contribution in [-0.2, 0) is 23.8 Å². The van der Waals surface area contributed by atoms with Crippen molar-refractivity contribution in [3.8, 4) is 0 Å². The zero-order valence-corrected chi connectivity index (χ0v) is 12.8. The van der Waals surface area contributed by atoms with Crippen LogP contribution in [0.3, 0.4) is 0 Å². The van der Waals surface area contributed by atoms with E-state index in [0.29, 0.717) is 30.4 Å². The fourth-order valence-corrected chi connectivity index (χ4v) is 2.85. The van der Waals surface area contributed by atoms with Crippen molar-refractivity contribution in [2.75, 3.05) is 17.4 Å². The fourth-order valence-electron chi connectivity index (χ4n) is 2.01. The van der Waals surface area contributed by atoms with Crippen molar-refractivity contribution in [2.45, 2.75) is 26.8 Å². The van der Waals surface area contributed by atoms with E-state index in [2.05, 4.69) is 9.97 Å². The molecule has 19 heavy (non-hydrogen) atoms. The van der Waals surface area contributed by atoms with Crippen LogP contribution in [0.25, 0.3) is 11.2 Å². The number of hydrogen-bond donors (Lipinski definition) is 0. The van der Waals surface area contributed by atoms with Crippen LogP contribution in [0.4, 0.5) is 0 Å². The highest BCUT2D eigenvalue weighted by Crippen LogP contribution is 2.16. The van der Waals surface area contributed by atoms with E-state index in [-0.39, 0.29) is 0 Å². The van der Waals surface area contributed by atoms with Crippen molar-refractivity contribution in [1.29, 1.82) is 0 Å². The van der Waals surface area contributed by atoms with Crippen LogP contribution in [0.1, 0.15) is 18.3 Å². The number of pyridine rings is 1. The van der Waals surface area contributed by atoms with Crippen molar-refractivity contribution < 1.29 is 4.21 Å². The Kier molecular flexibility index (Phi) is 4.93. The Labute approximate surface area is 120 Å². The molecular weight excluding hydrogens is 282 g/mol. The smallest absolute Gasteiger partial charge is 0.160 e. The second-order valence-electron chi connectivity index (χ2n) is 4.41. The standard InChI is InChI=1S/C13H18ClN3OS/c1-3-19(18)7-6-17-12(4-5-14)16-11-8-10(2)9-15-13(11)17/h8-9H,3-7H2,1-2H3. The Bertz CT molecular complexity index is 597. The number of nitrogens with zero attached hydrogens (tertiary/aromatic N) is 3. The molecule has 2 rings (SSSR count). The molecule has 2 aromatic rings. The Morgan fingerprint density at radius 2 is 2.26 bits per heavy atom. The lowest BCUT2D eigenvalue weighted by atomic mass is 10.3. The summed E-state index contributed by atoms with van der Waals surface area (Å²) in [7, 11) is -0.780. The lowest BCUT2D eigenvalue weighted by Crippen LogP contribution is -2.12. The number of rotatable bonds is 6. The Morgan fingerprint density at radius 1 is 1.47 bits per heavy atom. The summed E-state index contributed by atoms with van der Waals surface area (Å²) in [6.45, 7) is 4.61. The van der Waals surface area contributed by atoms with E-state index < -0.39 is 10.8 Å². The molecule has 2 aromatic heterocycles. The van der Waals surface area contributed by atoms with Crippen LogP contribution in [0.15, 0.2) is 12.3 Å². The topological polar surface area (TPSA) is 47.8 Å². The maximum absolute atomic E-state index is 11.6. The van der Waals surface area contributed by atoms with Crippen LogP contribution < -0.4 is 0 Å². The fraction of sp³-hybridized carbons (Fsp3) is 0.538. The second-order valence-corrected chi connectivity index (χ2v) is 6.65. The number of aromatic nitrogens is 3. The first-order chi connectivity index (χ1) is 9.15. The highest BCUT2D eigenvalue weighted by Gasteiger charge is 2.12. The maximum Gasteiger partial charge on any atom is 0.160 e. The molecule has 0 aliphatic rings. The molecule has 6 heteroatoms. The van der Waals surface area contributed by atoms with E-state index in [4.69, 9.17) is 11.6 Å². The molecule has 0 bridgehead atoms. The second kappa shape index (κ2) is 6.48. The molecule has 0 fully saturated rings. The number of fused-ring (bicyclic) bond motifs is 1. The van der Waals surface area contributed by atoms with Gasteiger partial charge in [-0.15, -0.1) is 11.6 Å². The first-order valence-corrected chi connectivity index (χ1v) is 8.40. The van der Waals surface area contributed by atoms with Gasteiger partial charge in [-0.1, -0.05) is 6.92 Å². The predicted octanol–water partition coefficient (Wildman–Crippen LogP) is 2.29. The summed E-state index contributed by atoms with van der Waals surface area (Å²) in [4.78, 5) is 9.03. The summed E-state index contributed by atoms with van der Waals surface area (Å²) < 4.78 is 13.6. The summed E-state index contributed by atoms with van der Waals surface area (Å²) in [5.74, 6) is 2.77. The minimum absolute atomic E-state index is 0.527. The Morgan fingerprint density at radius 3 is 2.95 bits per heavy atom. The normalized spacial score (nSPS) is 13.0. The largest absolute Gasteiger partial charge is 0.312 e. The predicted molar refractivity (Wildman–Crippen MR) is 80.2 cm³/mol. The average molecular weight is 300 g/mol. The molecule has 0 aliphatic heterocycles. The van der Waals surface area contributed by atoms with E-state index in [0.717, 1.165) is 22.6 Å². The molecule has 1 unspecified atom stereocenters. The minimum Gasteiger partial charge on any atom is -0.312 e. The quantitative estimate of drug-likeness (QED) is 0.769. The highest BCUT2D eigenvalue weighted by molar-refractivity contribution is 7.84. The lowest BCUT2D eigenvalue weighted by molar-refractivity contribution is 0.670. The van der Waals surface area contributed by atoms with E-state index in [1.54, 1.807) is 0 Å². The molecule has 0 amide bonds. The van der Waals surface area contributed by atoms with Crippen molar-refractivity contribution in [2.24, 2.45) is 0 Å². The van der Waals surface area contributed by atoms with E-state index in [1.165, 1.54) is 0 Å². The monoisotopic (exact) mass is 299 g/mol. The van der Waals surface area contributed by atoms with Gasteiger partial charge in [-0.05, 0) is 18.6 Å². The molecule has 0 radical (unpaired) electrons. The van der Waals surface area contributed by atoms with Crippen LogP contribution in [-0.4, -0.2) is 36.1 Å². The summed E-state index contributed by atoms with van der Waals surface area (Å²) in [5.41, 5.74) is 2.84. The molecule has 0 saturated carbocycles. The summed E-state index contributed by atoms with van der Waals surface area (Å²) >= 11 is 5.82. The molecule has 0 N–H and O–H groups in total. The van der Waals surface area contributed by atoms with Gasteiger partial charge in [0.2, 0.25) is 0 Å². The lowest BCUT2D eigenvalue weighted by Gasteiger charge is -2.07. The highest BCUT2D eigenvalue weighted by atomic mass is 35.5. The molecule has 0 spiro atoms. The molecule has 0 saturated heterocycles. The first kappa shape index (κ1) is 14.5. The number of alkyl halides is 1. The van der Waals surface area contributed by atoms with Gasteiger partial charge >= 0.3 is 0 Å². The Hall–Kier alpha value is -0.940. The maximum atomic E-state index is 11.6. The van der Waals surface area contributed by atoms with Crippen LogP contribution in [0.5, 0.6) is 0 Å². The number of halogens is 1. The number of aryl methyl sites for hydroxylation is 3. The molecule has 2 heterocycles. The summed E-state index contributed by atoms with van der Waals surface area (Å²) in [6, 6.07) is 2.02. The molecule has 1 atom stereocenters. The van der Waals surface area contributed by atoms with Crippen LogP contribution >= 0.6 is 11.6 Å². The van der Waals surface area contributed by atoms with Gasteiger partial charge < -0.3 is 4.57 Å².